The van der Waals surface area contributed by atoms with E-state index in [0.717, 1.165) is 28.8 Å². The molecule has 1 aliphatic rings. The van der Waals surface area contributed by atoms with E-state index in [1.807, 2.05) is 6.07 Å². The van der Waals surface area contributed by atoms with Gasteiger partial charge in [-0.25, -0.2) is 0 Å². The molecule has 1 aromatic carbocycles. The Morgan fingerprint density at radius 3 is 2.20 bits per heavy atom. The van der Waals surface area contributed by atoms with E-state index < -0.39 is 6.10 Å². The molecule has 1 saturated heterocycles. The van der Waals surface area contributed by atoms with Crippen LogP contribution in [0.3, 0.4) is 0 Å². The van der Waals surface area contributed by atoms with E-state index in [1.165, 1.54) is 0 Å². The van der Waals surface area contributed by atoms with E-state index in [9.17, 15) is 5.11 Å². The number of nitrogens with zero attached hydrogens (tertiary/aromatic N) is 1. The van der Waals surface area contributed by atoms with Crippen molar-refractivity contribution in [3.63, 3.8) is 0 Å². The average Bonchev–Trinajstić information content (AvgIpc) is 2.23. The SMILES string of the molecule is CC(O)c1ccc(N2CC(C)(C)OC(C)(C)C2)cc1Br. The summed E-state index contributed by atoms with van der Waals surface area (Å²) in [6.07, 6.45) is -0.462. The van der Waals surface area contributed by atoms with Gasteiger partial charge in [-0.3, -0.25) is 0 Å². The van der Waals surface area contributed by atoms with Crippen LogP contribution in [0.15, 0.2) is 22.7 Å². The first-order valence-corrected chi connectivity index (χ1v) is 7.82. The molecular formula is C16H24BrNO2. The van der Waals surface area contributed by atoms with Gasteiger partial charge in [0, 0.05) is 23.2 Å². The second-order valence-corrected chi connectivity index (χ2v) is 7.71. The Morgan fingerprint density at radius 2 is 1.75 bits per heavy atom. The molecule has 1 fully saturated rings. The molecule has 20 heavy (non-hydrogen) atoms. The zero-order valence-electron chi connectivity index (χ0n) is 12.9. The van der Waals surface area contributed by atoms with Crippen molar-refractivity contribution >= 4 is 21.6 Å². The Kier molecular flexibility index (Phi) is 4.20. The Hall–Kier alpha value is -0.580. The number of aliphatic hydroxyl groups excluding tert-OH is 1. The monoisotopic (exact) mass is 341 g/mol. The minimum Gasteiger partial charge on any atom is -0.389 e. The third-order valence-electron chi connectivity index (χ3n) is 3.50. The van der Waals surface area contributed by atoms with Gasteiger partial charge in [-0.2, -0.15) is 0 Å². The fourth-order valence-corrected chi connectivity index (χ4v) is 3.72. The Balaban J connectivity index is 2.29. The van der Waals surface area contributed by atoms with Crippen LogP contribution in [0.25, 0.3) is 0 Å². The lowest BCUT2D eigenvalue weighted by molar-refractivity contribution is -0.133. The molecular weight excluding hydrogens is 318 g/mol. The molecule has 1 aliphatic heterocycles. The van der Waals surface area contributed by atoms with Crippen LogP contribution < -0.4 is 4.90 Å². The highest BCUT2D eigenvalue weighted by Gasteiger charge is 2.38. The van der Waals surface area contributed by atoms with Gasteiger partial charge in [-0.1, -0.05) is 22.0 Å². The number of hydrogen-bond donors (Lipinski definition) is 1. The Morgan fingerprint density at radius 1 is 1.20 bits per heavy atom. The number of benzene rings is 1. The summed E-state index contributed by atoms with van der Waals surface area (Å²) in [6, 6.07) is 6.14. The summed E-state index contributed by atoms with van der Waals surface area (Å²) in [6.45, 7) is 12.0. The van der Waals surface area contributed by atoms with Gasteiger partial charge in [0.25, 0.3) is 0 Å². The third-order valence-corrected chi connectivity index (χ3v) is 4.18. The lowest BCUT2D eigenvalue weighted by Gasteiger charge is -2.48. The average molecular weight is 342 g/mol. The number of morpholine rings is 1. The van der Waals surface area contributed by atoms with Gasteiger partial charge in [0.1, 0.15) is 0 Å². The molecule has 112 valence electrons. The van der Waals surface area contributed by atoms with Crippen LogP contribution in [0.5, 0.6) is 0 Å². The summed E-state index contributed by atoms with van der Waals surface area (Å²) in [5.41, 5.74) is 1.74. The fourth-order valence-electron chi connectivity index (χ4n) is 3.02. The maximum absolute atomic E-state index is 9.71. The normalized spacial score (nSPS) is 22.6. The molecule has 0 radical (unpaired) electrons. The van der Waals surface area contributed by atoms with E-state index in [1.54, 1.807) is 6.92 Å². The van der Waals surface area contributed by atoms with Gasteiger partial charge in [0.05, 0.1) is 17.3 Å². The minimum atomic E-state index is -0.462. The van der Waals surface area contributed by atoms with Crippen LogP contribution >= 0.6 is 15.9 Å². The Bertz CT molecular complexity index is 481. The highest BCUT2D eigenvalue weighted by atomic mass is 79.9. The van der Waals surface area contributed by atoms with Crippen molar-refractivity contribution < 1.29 is 9.84 Å². The molecule has 0 aromatic heterocycles. The van der Waals surface area contributed by atoms with Gasteiger partial charge in [-0.15, -0.1) is 0 Å². The molecule has 1 unspecified atom stereocenters. The molecule has 4 heteroatoms. The fraction of sp³-hybridized carbons (Fsp3) is 0.625. The first-order valence-electron chi connectivity index (χ1n) is 7.02. The molecule has 1 heterocycles. The van der Waals surface area contributed by atoms with Crippen molar-refractivity contribution in [2.24, 2.45) is 0 Å². The molecule has 0 aliphatic carbocycles. The molecule has 2 rings (SSSR count). The molecule has 3 nitrogen and oxygen atoms in total. The van der Waals surface area contributed by atoms with Crippen LogP contribution in [-0.4, -0.2) is 29.4 Å². The number of aliphatic hydroxyl groups is 1. The van der Waals surface area contributed by atoms with Gasteiger partial charge in [0.2, 0.25) is 0 Å². The molecule has 0 spiro atoms. The standard InChI is InChI=1S/C16H24BrNO2/c1-11(19)13-7-6-12(8-14(13)17)18-9-15(2,3)20-16(4,5)10-18/h6-8,11,19H,9-10H2,1-5H3. The van der Waals surface area contributed by atoms with E-state index in [4.69, 9.17) is 4.74 Å². The van der Waals surface area contributed by atoms with Crippen molar-refractivity contribution in [1.82, 2.24) is 0 Å². The summed E-state index contributed by atoms with van der Waals surface area (Å²) in [4.78, 5) is 2.35. The lowest BCUT2D eigenvalue weighted by Crippen LogP contribution is -2.57. The quantitative estimate of drug-likeness (QED) is 0.885. The second-order valence-electron chi connectivity index (χ2n) is 6.86. The molecule has 1 aromatic rings. The van der Waals surface area contributed by atoms with E-state index in [-0.39, 0.29) is 11.2 Å². The number of halogens is 1. The maximum Gasteiger partial charge on any atom is 0.0808 e. The van der Waals surface area contributed by atoms with Crippen molar-refractivity contribution in [2.75, 3.05) is 18.0 Å². The summed E-state index contributed by atoms with van der Waals surface area (Å²) >= 11 is 3.55. The van der Waals surface area contributed by atoms with Crippen LogP contribution in [0, 0.1) is 0 Å². The largest absolute Gasteiger partial charge is 0.389 e. The molecule has 1 atom stereocenters. The van der Waals surface area contributed by atoms with E-state index >= 15 is 0 Å². The van der Waals surface area contributed by atoms with Gasteiger partial charge >= 0.3 is 0 Å². The highest BCUT2D eigenvalue weighted by Crippen LogP contribution is 2.34. The molecule has 1 N–H and O–H groups in total. The highest BCUT2D eigenvalue weighted by molar-refractivity contribution is 9.10. The number of hydrogen-bond acceptors (Lipinski definition) is 3. The smallest absolute Gasteiger partial charge is 0.0808 e. The van der Waals surface area contributed by atoms with Crippen molar-refractivity contribution in [3.05, 3.63) is 28.2 Å². The number of rotatable bonds is 2. The van der Waals surface area contributed by atoms with E-state index in [0.29, 0.717) is 0 Å². The number of ether oxygens (including phenoxy) is 1. The zero-order chi connectivity index (χ0) is 15.1. The first kappa shape index (κ1) is 15.8. The van der Waals surface area contributed by atoms with Crippen molar-refractivity contribution in [2.45, 2.75) is 51.9 Å². The summed E-state index contributed by atoms with van der Waals surface area (Å²) in [5, 5.41) is 9.71. The zero-order valence-corrected chi connectivity index (χ0v) is 14.5. The molecule has 0 saturated carbocycles. The predicted molar refractivity (Wildman–Crippen MR) is 86.2 cm³/mol. The molecule has 0 bridgehead atoms. The van der Waals surface area contributed by atoms with Gasteiger partial charge in [0.15, 0.2) is 0 Å². The summed E-state index contributed by atoms with van der Waals surface area (Å²) in [5.74, 6) is 0. The number of anilines is 1. The predicted octanol–water partition coefficient (Wildman–Crippen LogP) is 3.90. The van der Waals surface area contributed by atoms with E-state index in [2.05, 4.69) is 60.7 Å². The Labute approximate surface area is 130 Å². The van der Waals surface area contributed by atoms with Crippen LogP contribution in [0.4, 0.5) is 5.69 Å². The van der Waals surface area contributed by atoms with Gasteiger partial charge in [-0.05, 0) is 52.3 Å². The van der Waals surface area contributed by atoms with Crippen molar-refractivity contribution in [3.8, 4) is 0 Å². The second kappa shape index (κ2) is 5.32. The maximum atomic E-state index is 9.71. The lowest BCUT2D eigenvalue weighted by atomic mass is 9.98. The molecule has 0 amide bonds. The minimum absolute atomic E-state index is 0.169. The first-order chi connectivity index (χ1) is 9.10. The summed E-state index contributed by atoms with van der Waals surface area (Å²) in [7, 11) is 0. The topological polar surface area (TPSA) is 32.7 Å². The summed E-state index contributed by atoms with van der Waals surface area (Å²) < 4.78 is 7.06. The van der Waals surface area contributed by atoms with Crippen LogP contribution in [-0.2, 0) is 4.74 Å². The third kappa shape index (κ3) is 3.54. The van der Waals surface area contributed by atoms with Gasteiger partial charge < -0.3 is 14.7 Å². The van der Waals surface area contributed by atoms with Crippen LogP contribution in [0.2, 0.25) is 0 Å². The van der Waals surface area contributed by atoms with Crippen LogP contribution in [0.1, 0.15) is 46.3 Å². The van der Waals surface area contributed by atoms with Crippen molar-refractivity contribution in [1.29, 1.82) is 0 Å².